The molecule has 0 radical (unpaired) electrons. The maximum atomic E-state index is 12.6. The Kier molecular flexibility index (Phi) is 5.43. The average Bonchev–Trinajstić information content (AvgIpc) is 3.15. The number of likely N-dealkylation sites (tertiary alicyclic amines) is 1. The van der Waals surface area contributed by atoms with E-state index in [1.807, 2.05) is 48.5 Å². The van der Waals surface area contributed by atoms with E-state index in [0.29, 0.717) is 6.54 Å². The molecule has 0 saturated carbocycles. The van der Waals surface area contributed by atoms with Gasteiger partial charge in [-0.15, -0.1) is 0 Å². The van der Waals surface area contributed by atoms with Gasteiger partial charge >= 0.3 is 6.09 Å². The van der Waals surface area contributed by atoms with Crippen LogP contribution in [0.25, 0.3) is 0 Å². The summed E-state index contributed by atoms with van der Waals surface area (Å²) < 4.78 is 16.5. The molecular weight excluding hydrogens is 318 g/mol. The second-order valence-corrected chi connectivity index (χ2v) is 5.97. The van der Waals surface area contributed by atoms with Crippen molar-refractivity contribution in [1.29, 1.82) is 0 Å². The Hall–Kier alpha value is -2.69. The largest absolute Gasteiger partial charge is 0.496 e. The molecule has 0 aliphatic carbocycles. The molecule has 132 valence electrons. The number of rotatable bonds is 5. The van der Waals surface area contributed by atoms with Gasteiger partial charge in [0.1, 0.15) is 18.1 Å². The van der Waals surface area contributed by atoms with Gasteiger partial charge in [-0.25, -0.2) is 4.79 Å². The number of hydrogen-bond donors (Lipinski definition) is 0. The second kappa shape index (κ2) is 7.92. The molecule has 1 saturated heterocycles. The lowest BCUT2D eigenvalue weighted by atomic mass is 10.0. The lowest BCUT2D eigenvalue weighted by Crippen LogP contribution is -2.31. The molecule has 0 N–H and O–H groups in total. The van der Waals surface area contributed by atoms with Crippen LogP contribution in [0, 0.1) is 0 Å². The number of hydrogen-bond acceptors (Lipinski definition) is 4. The first-order valence-corrected chi connectivity index (χ1v) is 8.42. The van der Waals surface area contributed by atoms with Crippen molar-refractivity contribution in [3.8, 4) is 11.5 Å². The number of benzene rings is 2. The third-order valence-electron chi connectivity index (χ3n) is 4.49. The summed E-state index contributed by atoms with van der Waals surface area (Å²) in [6, 6.07) is 15.3. The third kappa shape index (κ3) is 3.71. The van der Waals surface area contributed by atoms with Crippen molar-refractivity contribution in [1.82, 2.24) is 4.90 Å². The van der Waals surface area contributed by atoms with E-state index in [1.54, 1.807) is 19.1 Å². The van der Waals surface area contributed by atoms with Gasteiger partial charge in [0.2, 0.25) is 0 Å². The highest BCUT2D eigenvalue weighted by molar-refractivity contribution is 5.69. The molecule has 5 heteroatoms. The second-order valence-electron chi connectivity index (χ2n) is 5.97. The minimum atomic E-state index is -0.306. The Morgan fingerprint density at radius 3 is 2.36 bits per heavy atom. The van der Waals surface area contributed by atoms with Crippen molar-refractivity contribution in [2.75, 3.05) is 20.8 Å². The normalized spacial score (nSPS) is 16.6. The maximum Gasteiger partial charge on any atom is 0.410 e. The van der Waals surface area contributed by atoms with Crippen molar-refractivity contribution in [3.05, 3.63) is 59.7 Å². The van der Waals surface area contributed by atoms with Crippen LogP contribution in [-0.2, 0) is 11.3 Å². The third-order valence-corrected chi connectivity index (χ3v) is 4.49. The summed E-state index contributed by atoms with van der Waals surface area (Å²) in [6.45, 7) is 0.936. The van der Waals surface area contributed by atoms with E-state index in [9.17, 15) is 4.79 Å². The van der Waals surface area contributed by atoms with Gasteiger partial charge in [-0.3, -0.25) is 0 Å². The number of carbonyl (C=O) groups excluding carboxylic acids is 1. The van der Waals surface area contributed by atoms with E-state index in [1.165, 1.54) is 0 Å². The summed E-state index contributed by atoms with van der Waals surface area (Å²) in [5.41, 5.74) is 1.88. The summed E-state index contributed by atoms with van der Waals surface area (Å²) in [4.78, 5) is 14.4. The SMILES string of the molecule is COc1cccc(OC)c1C1CCCN1C(=O)OCc1ccccc1. The molecule has 0 bridgehead atoms. The fourth-order valence-corrected chi connectivity index (χ4v) is 3.30. The summed E-state index contributed by atoms with van der Waals surface area (Å²) in [5, 5.41) is 0. The van der Waals surface area contributed by atoms with Crippen LogP contribution in [0.5, 0.6) is 11.5 Å². The lowest BCUT2D eigenvalue weighted by molar-refractivity contribution is 0.0913. The molecule has 2 aromatic carbocycles. The molecule has 1 amide bonds. The Bertz CT molecular complexity index is 695. The standard InChI is InChI=1S/C20H23NO4/c1-23-17-11-6-12-18(24-2)19(17)16-10-7-13-21(16)20(22)25-14-15-8-4-3-5-9-15/h3-6,8-9,11-12,16H,7,10,13-14H2,1-2H3. The van der Waals surface area contributed by atoms with Gasteiger partial charge in [-0.2, -0.15) is 0 Å². The Morgan fingerprint density at radius 1 is 1.04 bits per heavy atom. The van der Waals surface area contributed by atoms with Gasteiger partial charge in [0, 0.05) is 6.54 Å². The molecule has 0 spiro atoms. The molecule has 0 aromatic heterocycles. The fourth-order valence-electron chi connectivity index (χ4n) is 3.30. The molecule has 2 aromatic rings. The monoisotopic (exact) mass is 341 g/mol. The average molecular weight is 341 g/mol. The predicted octanol–water partition coefficient (Wildman–Crippen LogP) is 4.18. The van der Waals surface area contributed by atoms with Crippen LogP contribution in [0.3, 0.4) is 0 Å². The van der Waals surface area contributed by atoms with Gasteiger partial charge in [-0.1, -0.05) is 36.4 Å². The smallest absolute Gasteiger partial charge is 0.410 e. The number of ether oxygens (including phenoxy) is 3. The van der Waals surface area contributed by atoms with Crippen molar-refractivity contribution in [2.24, 2.45) is 0 Å². The lowest BCUT2D eigenvalue weighted by Gasteiger charge is -2.27. The molecular formula is C20H23NO4. The fraction of sp³-hybridized carbons (Fsp3) is 0.350. The van der Waals surface area contributed by atoms with Gasteiger partial charge in [0.25, 0.3) is 0 Å². The predicted molar refractivity (Wildman–Crippen MR) is 94.9 cm³/mol. The van der Waals surface area contributed by atoms with Gasteiger partial charge in [-0.05, 0) is 30.5 Å². The summed E-state index contributed by atoms with van der Waals surface area (Å²) >= 11 is 0. The van der Waals surface area contributed by atoms with Crippen LogP contribution in [0.2, 0.25) is 0 Å². The van der Waals surface area contributed by atoms with Gasteiger partial charge in [0.05, 0.1) is 25.8 Å². The highest BCUT2D eigenvalue weighted by Gasteiger charge is 2.35. The van der Waals surface area contributed by atoms with Crippen LogP contribution >= 0.6 is 0 Å². The van der Waals surface area contributed by atoms with Crippen molar-refractivity contribution in [3.63, 3.8) is 0 Å². The molecule has 1 aliphatic heterocycles. The van der Waals surface area contributed by atoms with Crippen molar-refractivity contribution in [2.45, 2.75) is 25.5 Å². The van der Waals surface area contributed by atoms with E-state index >= 15 is 0 Å². The highest BCUT2D eigenvalue weighted by Crippen LogP contribution is 2.42. The molecule has 5 nitrogen and oxygen atoms in total. The van der Waals surface area contributed by atoms with Crippen molar-refractivity contribution < 1.29 is 19.0 Å². The molecule has 1 unspecified atom stereocenters. The van der Waals surface area contributed by atoms with Crippen molar-refractivity contribution >= 4 is 6.09 Å². The first-order valence-electron chi connectivity index (χ1n) is 8.42. The zero-order chi connectivity index (χ0) is 17.6. The minimum Gasteiger partial charge on any atom is -0.496 e. The molecule has 1 aliphatic rings. The van der Waals surface area contributed by atoms with Gasteiger partial charge < -0.3 is 19.1 Å². The van der Waals surface area contributed by atoms with E-state index in [0.717, 1.165) is 35.5 Å². The molecule has 1 heterocycles. The molecule has 1 fully saturated rings. The number of carbonyl (C=O) groups is 1. The topological polar surface area (TPSA) is 48.0 Å². The van der Waals surface area contributed by atoms with Gasteiger partial charge in [0.15, 0.2) is 0 Å². The Labute approximate surface area is 148 Å². The molecule has 25 heavy (non-hydrogen) atoms. The van der Waals surface area contributed by atoms with Crippen LogP contribution in [0.4, 0.5) is 4.79 Å². The number of amides is 1. The molecule has 1 atom stereocenters. The van der Waals surface area contributed by atoms with E-state index in [4.69, 9.17) is 14.2 Å². The Morgan fingerprint density at radius 2 is 1.72 bits per heavy atom. The Balaban J connectivity index is 1.77. The molecule has 3 rings (SSSR count). The quantitative estimate of drug-likeness (QED) is 0.819. The van der Waals surface area contributed by atoms with Crippen LogP contribution in [-0.4, -0.2) is 31.8 Å². The van der Waals surface area contributed by atoms with Crippen LogP contribution < -0.4 is 9.47 Å². The first kappa shape index (κ1) is 17.1. The summed E-state index contributed by atoms with van der Waals surface area (Å²) in [7, 11) is 3.26. The zero-order valence-corrected chi connectivity index (χ0v) is 14.6. The first-order chi connectivity index (χ1) is 12.2. The maximum absolute atomic E-state index is 12.6. The van der Waals surface area contributed by atoms with E-state index in [2.05, 4.69) is 0 Å². The zero-order valence-electron chi connectivity index (χ0n) is 14.6. The summed E-state index contributed by atoms with van der Waals surface area (Å²) in [6.07, 6.45) is 1.48. The van der Waals surface area contributed by atoms with Crippen LogP contribution in [0.15, 0.2) is 48.5 Å². The van der Waals surface area contributed by atoms with E-state index < -0.39 is 0 Å². The van der Waals surface area contributed by atoms with E-state index in [-0.39, 0.29) is 18.7 Å². The van der Waals surface area contributed by atoms with Crippen LogP contribution in [0.1, 0.15) is 30.0 Å². The summed E-state index contributed by atoms with van der Waals surface area (Å²) in [5.74, 6) is 1.46. The number of methoxy groups -OCH3 is 2. The minimum absolute atomic E-state index is 0.102. The number of nitrogens with zero attached hydrogens (tertiary/aromatic N) is 1. The highest BCUT2D eigenvalue weighted by atomic mass is 16.6.